The van der Waals surface area contributed by atoms with E-state index in [1.165, 1.54) is 0 Å². The number of amides is 1. The number of rotatable bonds is 8. The van der Waals surface area contributed by atoms with Crippen LogP contribution in [-0.4, -0.2) is 53.5 Å². The van der Waals surface area contributed by atoms with Gasteiger partial charge in [-0.3, -0.25) is 14.7 Å². The number of nitrogens with zero attached hydrogens (tertiary/aromatic N) is 4. The number of carbonyl (C=O) groups excluding carboxylic acids is 1. The number of nitrogens with one attached hydrogen (secondary N) is 2. The molecule has 0 aliphatic carbocycles. The van der Waals surface area contributed by atoms with Crippen molar-refractivity contribution in [2.45, 2.75) is 13.5 Å². The van der Waals surface area contributed by atoms with Gasteiger partial charge in [-0.15, -0.1) is 0 Å². The Balaban J connectivity index is 0.000000238. The minimum Gasteiger partial charge on any atom is -0.463 e. The first-order chi connectivity index (χ1) is 16.0. The van der Waals surface area contributed by atoms with Gasteiger partial charge in [-0.2, -0.15) is 0 Å². The first-order valence-corrected chi connectivity index (χ1v) is 10.2. The molecule has 0 aliphatic heterocycles. The number of carbonyl (C=O) groups is 1. The van der Waals surface area contributed by atoms with E-state index < -0.39 is 0 Å². The van der Waals surface area contributed by atoms with E-state index in [0.29, 0.717) is 31.3 Å². The second-order valence-corrected chi connectivity index (χ2v) is 7.13. The molecule has 0 saturated carbocycles. The fourth-order valence-corrected chi connectivity index (χ4v) is 2.43. The van der Waals surface area contributed by atoms with Crippen LogP contribution in [0.5, 0.6) is 5.88 Å². The summed E-state index contributed by atoms with van der Waals surface area (Å²) in [4.78, 5) is 24.5. The van der Waals surface area contributed by atoms with Crippen LogP contribution >= 0.6 is 0 Å². The highest BCUT2D eigenvalue weighted by Crippen LogP contribution is 2.16. The molecule has 0 atom stereocenters. The van der Waals surface area contributed by atoms with Crippen LogP contribution in [0.1, 0.15) is 11.3 Å². The van der Waals surface area contributed by atoms with Gasteiger partial charge in [-0.1, -0.05) is 24.0 Å². The van der Waals surface area contributed by atoms with Gasteiger partial charge in [0.15, 0.2) is 6.61 Å². The molecule has 9 heteroatoms. The normalized spacial score (nSPS) is 9.70. The minimum atomic E-state index is 0.353. The summed E-state index contributed by atoms with van der Waals surface area (Å²) in [6.07, 6.45) is 5.58. The van der Waals surface area contributed by atoms with E-state index in [1.807, 2.05) is 62.3 Å². The van der Waals surface area contributed by atoms with Gasteiger partial charge >= 0.3 is 0 Å². The first-order valence-electron chi connectivity index (χ1n) is 10.2. The summed E-state index contributed by atoms with van der Waals surface area (Å²) in [6.45, 7) is 3.59. The summed E-state index contributed by atoms with van der Waals surface area (Å²) in [5.41, 5.74) is 9.22. The number of benzene rings is 1. The van der Waals surface area contributed by atoms with Crippen molar-refractivity contribution in [2.24, 2.45) is 0 Å². The molecule has 9 nitrogen and oxygen atoms in total. The monoisotopic (exact) mass is 447 g/mol. The maximum absolute atomic E-state index is 10.4. The van der Waals surface area contributed by atoms with Gasteiger partial charge in [0.1, 0.15) is 5.82 Å². The van der Waals surface area contributed by atoms with E-state index >= 15 is 0 Å². The van der Waals surface area contributed by atoms with Crippen molar-refractivity contribution >= 4 is 23.6 Å². The molecule has 3 rings (SSSR count). The van der Waals surface area contributed by atoms with Crippen LogP contribution in [0.2, 0.25) is 0 Å². The predicted molar refractivity (Wildman–Crippen MR) is 131 cm³/mol. The smallest absolute Gasteiger partial charge is 0.233 e. The summed E-state index contributed by atoms with van der Waals surface area (Å²) in [5.74, 6) is 6.85. The molecule has 0 aliphatic rings. The number of nitrogens with two attached hydrogens (primary N) is 1. The Hall–Kier alpha value is -4.16. The quantitative estimate of drug-likeness (QED) is 0.356. The van der Waals surface area contributed by atoms with Gasteiger partial charge in [0.2, 0.25) is 12.3 Å². The molecule has 0 spiro atoms. The molecule has 4 N–H and O–H groups in total. The number of hydrogen-bond donors (Lipinski definition) is 3. The van der Waals surface area contributed by atoms with Crippen molar-refractivity contribution in [3.05, 3.63) is 66.2 Å². The maximum Gasteiger partial charge on any atom is 0.233 e. The first kappa shape index (κ1) is 25.1. The van der Waals surface area contributed by atoms with Gasteiger partial charge < -0.3 is 21.1 Å². The Kier molecular flexibility index (Phi) is 10.7. The van der Waals surface area contributed by atoms with Crippen LogP contribution in [0.15, 0.2) is 55.0 Å². The highest BCUT2D eigenvalue weighted by molar-refractivity contribution is 5.71. The molecule has 33 heavy (non-hydrogen) atoms. The fraction of sp³-hybridized carbons (Fsp3) is 0.250. The minimum absolute atomic E-state index is 0.353. The van der Waals surface area contributed by atoms with Crippen LogP contribution in [-0.2, 0) is 11.3 Å². The zero-order valence-electron chi connectivity index (χ0n) is 19.1. The van der Waals surface area contributed by atoms with E-state index in [1.54, 1.807) is 18.6 Å². The van der Waals surface area contributed by atoms with Crippen LogP contribution in [0.3, 0.4) is 0 Å². The summed E-state index contributed by atoms with van der Waals surface area (Å²) in [6, 6.07) is 11.3. The lowest BCUT2D eigenvalue weighted by molar-refractivity contribution is -0.105. The number of nitrogen functional groups attached to an aromatic ring is 1. The van der Waals surface area contributed by atoms with Gasteiger partial charge in [-0.25, -0.2) is 9.97 Å². The van der Waals surface area contributed by atoms with E-state index in [-0.39, 0.29) is 0 Å². The topological polar surface area (TPSA) is 118 Å². The average molecular weight is 448 g/mol. The average Bonchev–Trinajstić information content (AvgIpc) is 2.80. The number of aromatic nitrogens is 3. The molecule has 0 radical (unpaired) electrons. The number of aryl methyl sites for hydroxylation is 1. The molecular weight excluding hydrogens is 418 g/mol. The molecule has 0 fully saturated rings. The third-order valence-corrected chi connectivity index (χ3v) is 4.04. The highest BCUT2D eigenvalue weighted by Gasteiger charge is 1.99. The van der Waals surface area contributed by atoms with Crippen molar-refractivity contribution in [1.29, 1.82) is 0 Å². The van der Waals surface area contributed by atoms with Crippen molar-refractivity contribution in [2.75, 3.05) is 43.6 Å². The maximum atomic E-state index is 10.4. The Morgan fingerprint density at radius 2 is 1.97 bits per heavy atom. The summed E-state index contributed by atoms with van der Waals surface area (Å²) >= 11 is 0. The second-order valence-electron chi connectivity index (χ2n) is 7.13. The van der Waals surface area contributed by atoms with Crippen molar-refractivity contribution < 1.29 is 9.53 Å². The van der Waals surface area contributed by atoms with E-state index in [0.717, 1.165) is 29.2 Å². The Bertz CT molecular complexity index is 1060. The Labute approximate surface area is 194 Å². The molecular formula is C24H29N7O2. The third-order valence-electron chi connectivity index (χ3n) is 4.04. The van der Waals surface area contributed by atoms with Crippen molar-refractivity contribution in [3.8, 4) is 17.7 Å². The fourth-order valence-electron chi connectivity index (χ4n) is 2.43. The van der Waals surface area contributed by atoms with Gasteiger partial charge in [0.05, 0.1) is 30.3 Å². The van der Waals surface area contributed by atoms with Crippen molar-refractivity contribution in [3.63, 3.8) is 0 Å². The molecule has 1 aromatic carbocycles. The standard InChI is InChI=1S/C13H14N4O.C11H15N3O/c14-13-12(5-2-6-15-13)16-8-10-3-1-4-11(7-10)17-9-18;1-10-8-13-11(9-12-10)15-7-5-4-6-14(2)3/h1-7,9,16H,8H2,(H2,14,15)(H,17,18);8-9H,6-7H2,1-3H3. The van der Waals surface area contributed by atoms with Crippen LogP contribution in [0, 0.1) is 18.8 Å². The lowest BCUT2D eigenvalue weighted by Gasteiger charge is -2.09. The molecule has 0 bridgehead atoms. The third kappa shape index (κ3) is 10.1. The largest absolute Gasteiger partial charge is 0.463 e. The van der Waals surface area contributed by atoms with E-state index in [4.69, 9.17) is 10.5 Å². The highest BCUT2D eigenvalue weighted by atomic mass is 16.5. The van der Waals surface area contributed by atoms with Crippen LogP contribution in [0.25, 0.3) is 0 Å². The molecule has 1 amide bonds. The van der Waals surface area contributed by atoms with Gasteiger partial charge in [0.25, 0.3) is 0 Å². The molecule has 2 heterocycles. The van der Waals surface area contributed by atoms with Gasteiger partial charge in [-0.05, 0) is 50.8 Å². The molecule has 172 valence electrons. The SMILES string of the molecule is Cc1cnc(OCC#CCN(C)C)cn1.Nc1ncccc1NCc1cccc(NC=O)c1. The zero-order chi connectivity index (χ0) is 23.9. The molecule has 0 unspecified atom stereocenters. The van der Waals surface area contributed by atoms with E-state index in [2.05, 4.69) is 37.4 Å². The number of pyridine rings is 1. The second kappa shape index (κ2) is 14.0. The number of ether oxygens (including phenoxy) is 1. The lowest BCUT2D eigenvalue weighted by Crippen LogP contribution is -2.11. The Morgan fingerprint density at radius 3 is 2.67 bits per heavy atom. The Morgan fingerprint density at radius 1 is 1.12 bits per heavy atom. The summed E-state index contributed by atoms with van der Waals surface area (Å²) < 4.78 is 5.28. The van der Waals surface area contributed by atoms with Crippen molar-refractivity contribution in [1.82, 2.24) is 19.9 Å². The van der Waals surface area contributed by atoms with Gasteiger partial charge in [0, 0.05) is 18.4 Å². The number of anilines is 3. The van der Waals surface area contributed by atoms with E-state index in [9.17, 15) is 4.79 Å². The number of hydrogen-bond acceptors (Lipinski definition) is 8. The predicted octanol–water partition coefficient (Wildman–Crippen LogP) is 2.57. The zero-order valence-corrected chi connectivity index (χ0v) is 19.1. The molecule has 0 saturated heterocycles. The van der Waals surface area contributed by atoms with Crippen LogP contribution in [0.4, 0.5) is 17.2 Å². The summed E-state index contributed by atoms with van der Waals surface area (Å²) in [7, 11) is 3.95. The lowest BCUT2D eigenvalue weighted by atomic mass is 10.2. The summed E-state index contributed by atoms with van der Waals surface area (Å²) in [5, 5.41) is 5.81. The molecule has 3 aromatic rings. The molecule has 2 aromatic heterocycles. The van der Waals surface area contributed by atoms with Crippen LogP contribution < -0.4 is 21.1 Å².